The molecule has 1 aliphatic heterocycles. The van der Waals surface area contributed by atoms with E-state index in [1.54, 1.807) is 28.0 Å². The Bertz CT molecular complexity index is 565. The van der Waals surface area contributed by atoms with Crippen LogP contribution in [0.25, 0.3) is 0 Å². The number of benzene rings is 1. The number of nitrogens with zero attached hydrogens (tertiary/aromatic N) is 1. The largest absolute Gasteiger partial charge is 0.314 e. The van der Waals surface area contributed by atoms with Crippen LogP contribution in [0.3, 0.4) is 0 Å². The summed E-state index contributed by atoms with van der Waals surface area (Å²) in [5.74, 6) is 0.184. The zero-order chi connectivity index (χ0) is 12.5. The van der Waals surface area contributed by atoms with E-state index in [1.165, 1.54) is 10.5 Å². The molecule has 0 saturated carbocycles. The molecule has 1 unspecified atom stereocenters. The number of para-hydroxylation sites is 1. The van der Waals surface area contributed by atoms with Gasteiger partial charge in [-0.15, -0.1) is 11.8 Å². The highest BCUT2D eigenvalue weighted by atomic mass is 32.2. The lowest BCUT2D eigenvalue weighted by Crippen LogP contribution is -2.25. The zero-order valence-electron chi connectivity index (χ0n) is 10.00. The lowest BCUT2D eigenvalue weighted by Gasteiger charge is -2.16. The molecule has 1 aliphatic rings. The van der Waals surface area contributed by atoms with Gasteiger partial charge in [0.1, 0.15) is 0 Å². The van der Waals surface area contributed by atoms with Gasteiger partial charge in [0.15, 0.2) is 0 Å². The van der Waals surface area contributed by atoms with Gasteiger partial charge < -0.3 is 4.90 Å². The van der Waals surface area contributed by atoms with Crippen molar-refractivity contribution in [1.82, 2.24) is 0 Å². The molecule has 0 spiro atoms. The molecular formula is C14H13NOS2. The summed E-state index contributed by atoms with van der Waals surface area (Å²) in [4.78, 5) is 15.2. The third kappa shape index (κ3) is 2.06. The van der Waals surface area contributed by atoms with E-state index < -0.39 is 0 Å². The second-order valence-corrected chi connectivity index (χ2v) is 6.31. The summed E-state index contributed by atoms with van der Waals surface area (Å²) in [6.07, 6.45) is 0.562. The molecule has 0 radical (unpaired) electrons. The first-order valence-corrected chi connectivity index (χ1v) is 7.62. The molecule has 3 rings (SSSR count). The standard InChI is InChI=1S/C14H13NOS2/c1-15-11-4-2-3-5-12(11)18-13(8-14(15)16)10-6-7-17-9-10/h2-7,9,13H,8H2,1H3. The number of carbonyl (C=O) groups excluding carboxylic acids is 1. The van der Waals surface area contributed by atoms with E-state index in [0.717, 1.165) is 5.69 Å². The molecule has 2 nitrogen and oxygen atoms in total. The SMILES string of the molecule is CN1C(=O)CC(c2ccsc2)Sc2ccccc21. The van der Waals surface area contributed by atoms with E-state index in [9.17, 15) is 4.79 Å². The predicted octanol–water partition coefficient (Wildman–Crippen LogP) is 3.95. The lowest BCUT2D eigenvalue weighted by molar-refractivity contribution is -0.118. The van der Waals surface area contributed by atoms with Crippen LogP contribution in [0.5, 0.6) is 0 Å². The molecule has 2 heterocycles. The zero-order valence-corrected chi connectivity index (χ0v) is 11.6. The molecular weight excluding hydrogens is 262 g/mol. The van der Waals surface area contributed by atoms with Crippen molar-refractivity contribution in [1.29, 1.82) is 0 Å². The van der Waals surface area contributed by atoms with Crippen LogP contribution in [-0.2, 0) is 4.79 Å². The number of thioether (sulfide) groups is 1. The molecule has 0 saturated heterocycles. The summed E-state index contributed by atoms with van der Waals surface area (Å²) in [5.41, 5.74) is 2.27. The number of rotatable bonds is 1. The number of amides is 1. The first-order valence-electron chi connectivity index (χ1n) is 5.80. The van der Waals surface area contributed by atoms with E-state index in [2.05, 4.69) is 22.9 Å². The molecule has 18 heavy (non-hydrogen) atoms. The Morgan fingerprint density at radius 2 is 2.11 bits per heavy atom. The Balaban J connectivity index is 2.02. The fraction of sp³-hybridized carbons (Fsp3) is 0.214. The van der Waals surface area contributed by atoms with Gasteiger partial charge in [0.25, 0.3) is 0 Å². The van der Waals surface area contributed by atoms with Crippen molar-refractivity contribution in [2.45, 2.75) is 16.6 Å². The maximum atomic E-state index is 12.2. The number of thiophene rings is 1. The van der Waals surface area contributed by atoms with Crippen LogP contribution in [-0.4, -0.2) is 13.0 Å². The highest BCUT2D eigenvalue weighted by molar-refractivity contribution is 7.99. The van der Waals surface area contributed by atoms with Crippen LogP contribution >= 0.6 is 23.1 Å². The molecule has 1 aromatic carbocycles. The van der Waals surface area contributed by atoms with Crippen LogP contribution in [0, 0.1) is 0 Å². The molecule has 0 N–H and O–H groups in total. The quantitative estimate of drug-likeness (QED) is 0.785. The summed E-state index contributed by atoms with van der Waals surface area (Å²) in [6.45, 7) is 0. The molecule has 2 aromatic rings. The third-order valence-corrected chi connectivity index (χ3v) is 5.17. The fourth-order valence-corrected chi connectivity index (χ4v) is 4.20. The monoisotopic (exact) mass is 275 g/mol. The fourth-order valence-electron chi connectivity index (χ4n) is 2.10. The van der Waals surface area contributed by atoms with E-state index in [4.69, 9.17) is 0 Å². The van der Waals surface area contributed by atoms with Crippen molar-refractivity contribution in [2.75, 3.05) is 11.9 Å². The van der Waals surface area contributed by atoms with Crippen molar-refractivity contribution in [3.05, 3.63) is 46.7 Å². The maximum absolute atomic E-state index is 12.2. The summed E-state index contributed by atoms with van der Waals surface area (Å²) in [5, 5.41) is 4.44. The molecule has 92 valence electrons. The summed E-state index contributed by atoms with van der Waals surface area (Å²) in [7, 11) is 1.86. The van der Waals surface area contributed by atoms with E-state index >= 15 is 0 Å². The molecule has 1 aromatic heterocycles. The smallest absolute Gasteiger partial charge is 0.228 e. The highest BCUT2D eigenvalue weighted by Gasteiger charge is 2.26. The average molecular weight is 275 g/mol. The van der Waals surface area contributed by atoms with Gasteiger partial charge in [-0.05, 0) is 34.5 Å². The van der Waals surface area contributed by atoms with Crippen molar-refractivity contribution in [3.8, 4) is 0 Å². The van der Waals surface area contributed by atoms with E-state index in [-0.39, 0.29) is 11.2 Å². The van der Waals surface area contributed by atoms with Gasteiger partial charge in [0.2, 0.25) is 5.91 Å². The van der Waals surface area contributed by atoms with Crippen molar-refractivity contribution >= 4 is 34.7 Å². The van der Waals surface area contributed by atoms with Gasteiger partial charge >= 0.3 is 0 Å². The number of anilines is 1. The molecule has 0 fully saturated rings. The van der Waals surface area contributed by atoms with Gasteiger partial charge in [-0.2, -0.15) is 11.3 Å². The van der Waals surface area contributed by atoms with E-state index in [1.807, 2.05) is 25.2 Å². The number of fused-ring (bicyclic) bond motifs is 1. The van der Waals surface area contributed by atoms with Gasteiger partial charge in [0, 0.05) is 23.6 Å². The lowest BCUT2D eigenvalue weighted by atomic mass is 10.1. The van der Waals surface area contributed by atoms with Crippen molar-refractivity contribution in [2.24, 2.45) is 0 Å². The Hall–Kier alpha value is -1.26. The third-order valence-electron chi connectivity index (χ3n) is 3.14. The van der Waals surface area contributed by atoms with Gasteiger partial charge in [-0.25, -0.2) is 0 Å². The summed E-state index contributed by atoms with van der Waals surface area (Å²) < 4.78 is 0. The number of hydrogen-bond acceptors (Lipinski definition) is 3. The highest BCUT2D eigenvalue weighted by Crippen LogP contribution is 2.45. The maximum Gasteiger partial charge on any atom is 0.228 e. The van der Waals surface area contributed by atoms with Gasteiger partial charge in [-0.1, -0.05) is 12.1 Å². The second kappa shape index (κ2) is 4.78. The summed E-state index contributed by atoms with van der Waals surface area (Å²) in [6, 6.07) is 10.2. The minimum atomic E-state index is 0.184. The molecule has 4 heteroatoms. The summed E-state index contributed by atoms with van der Waals surface area (Å²) >= 11 is 3.47. The van der Waals surface area contributed by atoms with Crippen LogP contribution in [0.2, 0.25) is 0 Å². The topological polar surface area (TPSA) is 20.3 Å². The first-order chi connectivity index (χ1) is 8.75. The van der Waals surface area contributed by atoms with Crippen LogP contribution in [0.1, 0.15) is 17.2 Å². The molecule has 0 aliphatic carbocycles. The second-order valence-electron chi connectivity index (χ2n) is 4.29. The van der Waals surface area contributed by atoms with Crippen LogP contribution in [0.15, 0.2) is 46.0 Å². The first kappa shape index (κ1) is 11.8. The van der Waals surface area contributed by atoms with E-state index in [0.29, 0.717) is 6.42 Å². The van der Waals surface area contributed by atoms with Gasteiger partial charge in [-0.3, -0.25) is 4.79 Å². The predicted molar refractivity (Wildman–Crippen MR) is 77.4 cm³/mol. The Labute approximate surface area is 115 Å². The Morgan fingerprint density at radius 3 is 2.89 bits per heavy atom. The molecule has 0 bridgehead atoms. The Morgan fingerprint density at radius 1 is 1.28 bits per heavy atom. The number of carbonyl (C=O) groups is 1. The van der Waals surface area contributed by atoms with Crippen LogP contribution in [0.4, 0.5) is 5.69 Å². The van der Waals surface area contributed by atoms with Crippen LogP contribution < -0.4 is 4.90 Å². The Kier molecular flexibility index (Phi) is 3.14. The van der Waals surface area contributed by atoms with Crippen molar-refractivity contribution in [3.63, 3.8) is 0 Å². The van der Waals surface area contributed by atoms with Gasteiger partial charge in [0.05, 0.1) is 5.69 Å². The normalized spacial score (nSPS) is 19.5. The minimum Gasteiger partial charge on any atom is -0.314 e. The molecule has 1 amide bonds. The van der Waals surface area contributed by atoms with Crippen molar-refractivity contribution < 1.29 is 4.79 Å². The number of hydrogen-bond donors (Lipinski definition) is 0. The average Bonchev–Trinajstić information content (AvgIpc) is 2.87. The molecule has 1 atom stereocenters. The minimum absolute atomic E-state index is 0.184.